The molecule has 2 fully saturated rings. The van der Waals surface area contributed by atoms with E-state index in [1.165, 1.54) is 37.0 Å². The van der Waals surface area contributed by atoms with Crippen LogP contribution in [0.25, 0.3) is 0 Å². The van der Waals surface area contributed by atoms with Crippen LogP contribution in [0.5, 0.6) is 5.75 Å². The van der Waals surface area contributed by atoms with E-state index in [9.17, 15) is 4.39 Å². The summed E-state index contributed by atoms with van der Waals surface area (Å²) in [6.07, 6.45) is 5.94. The van der Waals surface area contributed by atoms with Gasteiger partial charge in [0.25, 0.3) is 0 Å². The maximum absolute atomic E-state index is 13.7. The van der Waals surface area contributed by atoms with Crippen molar-refractivity contribution in [2.45, 2.75) is 50.7 Å². The van der Waals surface area contributed by atoms with Gasteiger partial charge in [-0.1, -0.05) is 49.6 Å². The summed E-state index contributed by atoms with van der Waals surface area (Å²) in [4.78, 5) is 4.90. The lowest BCUT2D eigenvalue weighted by Gasteiger charge is -2.39. The molecule has 8 heteroatoms. The third kappa shape index (κ3) is 4.98. The van der Waals surface area contributed by atoms with E-state index in [1.54, 1.807) is 7.11 Å². The van der Waals surface area contributed by atoms with E-state index in [1.807, 2.05) is 28.9 Å². The molecule has 2 aromatic carbocycles. The summed E-state index contributed by atoms with van der Waals surface area (Å²) < 4.78 is 21.3. The van der Waals surface area contributed by atoms with Gasteiger partial charge in [-0.3, -0.25) is 9.80 Å². The van der Waals surface area contributed by atoms with Crippen LogP contribution >= 0.6 is 0 Å². The van der Waals surface area contributed by atoms with E-state index in [2.05, 4.69) is 37.5 Å². The van der Waals surface area contributed by atoms with Crippen molar-refractivity contribution in [2.24, 2.45) is 0 Å². The second kappa shape index (κ2) is 10.6. The molecule has 34 heavy (non-hydrogen) atoms. The van der Waals surface area contributed by atoms with Gasteiger partial charge in [0, 0.05) is 38.3 Å². The maximum Gasteiger partial charge on any atom is 0.173 e. The van der Waals surface area contributed by atoms with Crippen LogP contribution in [-0.2, 0) is 6.54 Å². The normalized spacial score (nSPS) is 19.2. The molecule has 0 amide bonds. The Labute approximate surface area is 200 Å². The lowest BCUT2D eigenvalue weighted by molar-refractivity contribution is 0.0981. The molecule has 0 spiro atoms. The number of hydrogen-bond donors (Lipinski definition) is 0. The number of nitrogens with zero attached hydrogens (tertiary/aromatic N) is 6. The fourth-order valence-electron chi connectivity index (χ4n) is 5.39. The van der Waals surface area contributed by atoms with Gasteiger partial charge in [0.05, 0.1) is 19.2 Å². The Kier molecular flexibility index (Phi) is 7.16. The highest BCUT2D eigenvalue weighted by molar-refractivity contribution is 5.33. The van der Waals surface area contributed by atoms with Crippen LogP contribution in [0.3, 0.4) is 0 Å². The number of rotatable bonds is 7. The van der Waals surface area contributed by atoms with E-state index in [0.29, 0.717) is 6.04 Å². The van der Waals surface area contributed by atoms with Crippen molar-refractivity contribution in [3.63, 3.8) is 0 Å². The van der Waals surface area contributed by atoms with E-state index >= 15 is 0 Å². The molecule has 3 aromatic rings. The zero-order chi connectivity index (χ0) is 23.3. The quantitative estimate of drug-likeness (QED) is 0.522. The van der Waals surface area contributed by atoms with Crippen molar-refractivity contribution in [3.05, 3.63) is 71.3 Å². The minimum absolute atomic E-state index is 0.0917. The Balaban J connectivity index is 1.36. The van der Waals surface area contributed by atoms with Crippen LogP contribution in [0.4, 0.5) is 4.39 Å². The maximum atomic E-state index is 13.7. The molecule has 1 atom stereocenters. The number of hydrogen-bond acceptors (Lipinski definition) is 6. The number of methoxy groups -OCH3 is 1. The van der Waals surface area contributed by atoms with Gasteiger partial charge in [0.15, 0.2) is 5.82 Å². The van der Waals surface area contributed by atoms with Crippen LogP contribution in [0.15, 0.2) is 48.5 Å². The Morgan fingerprint density at radius 1 is 0.971 bits per heavy atom. The summed E-state index contributed by atoms with van der Waals surface area (Å²) in [5.74, 6) is 1.58. The molecule has 5 rings (SSSR count). The molecule has 180 valence electrons. The van der Waals surface area contributed by atoms with Gasteiger partial charge < -0.3 is 4.74 Å². The molecule has 0 bridgehead atoms. The Bertz CT molecular complexity index is 1060. The summed E-state index contributed by atoms with van der Waals surface area (Å²) in [6.45, 7) is 4.49. The largest absolute Gasteiger partial charge is 0.496 e. The average molecular weight is 465 g/mol. The number of piperazine rings is 1. The first-order valence-corrected chi connectivity index (χ1v) is 12.3. The first kappa shape index (κ1) is 22.9. The first-order chi connectivity index (χ1) is 16.7. The van der Waals surface area contributed by atoms with Gasteiger partial charge in [-0.15, -0.1) is 5.10 Å². The summed E-state index contributed by atoms with van der Waals surface area (Å²) >= 11 is 0. The van der Waals surface area contributed by atoms with Gasteiger partial charge in [-0.2, -0.15) is 0 Å². The summed E-state index contributed by atoms with van der Waals surface area (Å²) in [5.41, 5.74) is 2.24. The fourth-order valence-corrected chi connectivity index (χ4v) is 5.39. The Morgan fingerprint density at radius 3 is 2.44 bits per heavy atom. The number of aromatic nitrogens is 4. The number of ether oxygens (including phenoxy) is 1. The van der Waals surface area contributed by atoms with Gasteiger partial charge >= 0.3 is 0 Å². The number of tetrazole rings is 1. The topological polar surface area (TPSA) is 59.3 Å². The summed E-state index contributed by atoms with van der Waals surface area (Å²) in [6, 6.07) is 15.3. The van der Waals surface area contributed by atoms with Crippen molar-refractivity contribution in [2.75, 3.05) is 33.3 Å². The number of benzene rings is 2. The molecule has 1 aromatic heterocycles. The van der Waals surface area contributed by atoms with Crippen molar-refractivity contribution >= 4 is 0 Å². The SMILES string of the molecule is COc1ccccc1CN1CCN(C(c2ccc(F)cc2)c2nnnn2C2CCCCC2)CC1. The highest BCUT2D eigenvalue weighted by Gasteiger charge is 2.32. The van der Waals surface area contributed by atoms with E-state index in [0.717, 1.165) is 62.7 Å². The molecule has 7 nitrogen and oxygen atoms in total. The van der Waals surface area contributed by atoms with Crippen molar-refractivity contribution in [1.82, 2.24) is 30.0 Å². The molecular weight excluding hydrogens is 431 g/mol. The molecule has 1 aliphatic heterocycles. The first-order valence-electron chi connectivity index (χ1n) is 12.3. The molecule has 2 heterocycles. The van der Waals surface area contributed by atoms with E-state index in [-0.39, 0.29) is 11.9 Å². The lowest BCUT2D eigenvalue weighted by Crippen LogP contribution is -2.48. The molecule has 1 aliphatic carbocycles. The highest BCUT2D eigenvalue weighted by Crippen LogP contribution is 2.34. The monoisotopic (exact) mass is 464 g/mol. The molecule has 1 saturated carbocycles. The third-order valence-electron chi connectivity index (χ3n) is 7.23. The predicted octanol–water partition coefficient (Wildman–Crippen LogP) is 4.23. The minimum Gasteiger partial charge on any atom is -0.496 e. The van der Waals surface area contributed by atoms with Gasteiger partial charge in [0.1, 0.15) is 11.6 Å². The molecule has 2 aliphatic rings. The van der Waals surface area contributed by atoms with E-state index in [4.69, 9.17) is 4.74 Å². The van der Waals surface area contributed by atoms with Crippen LogP contribution < -0.4 is 4.74 Å². The summed E-state index contributed by atoms with van der Waals surface area (Å²) in [7, 11) is 1.72. The molecule has 0 N–H and O–H groups in total. The van der Waals surface area contributed by atoms with Crippen molar-refractivity contribution in [3.8, 4) is 5.75 Å². The minimum atomic E-state index is -0.226. The molecule has 1 unspecified atom stereocenters. The second-order valence-corrected chi connectivity index (χ2v) is 9.35. The highest BCUT2D eigenvalue weighted by atomic mass is 19.1. The molecule has 1 saturated heterocycles. The third-order valence-corrected chi connectivity index (χ3v) is 7.23. The van der Waals surface area contributed by atoms with Gasteiger partial charge in [-0.05, 0) is 47.0 Å². The molecular formula is C26H33FN6O. The fraction of sp³-hybridized carbons (Fsp3) is 0.500. The lowest BCUT2D eigenvalue weighted by atomic mass is 9.95. The van der Waals surface area contributed by atoms with Gasteiger partial charge in [0.2, 0.25) is 0 Å². The average Bonchev–Trinajstić information content (AvgIpc) is 3.37. The molecule has 0 radical (unpaired) electrons. The van der Waals surface area contributed by atoms with Crippen molar-refractivity contribution in [1.29, 1.82) is 0 Å². The van der Waals surface area contributed by atoms with Crippen LogP contribution in [0, 0.1) is 5.82 Å². The Hall–Kier alpha value is -2.84. The smallest absolute Gasteiger partial charge is 0.173 e. The van der Waals surface area contributed by atoms with Gasteiger partial charge in [-0.25, -0.2) is 9.07 Å². The van der Waals surface area contributed by atoms with Crippen molar-refractivity contribution < 1.29 is 9.13 Å². The van der Waals surface area contributed by atoms with E-state index < -0.39 is 0 Å². The van der Waals surface area contributed by atoms with Crippen LogP contribution in [-0.4, -0.2) is 63.3 Å². The Morgan fingerprint density at radius 2 is 1.71 bits per heavy atom. The zero-order valence-electron chi connectivity index (χ0n) is 19.8. The predicted molar refractivity (Wildman–Crippen MR) is 128 cm³/mol. The standard InChI is InChI=1S/C26H33FN6O/c1-34-24-10-6-5-7-21(24)19-31-15-17-32(18-16-31)25(20-11-13-22(27)14-12-20)26-28-29-30-33(26)23-8-3-2-4-9-23/h5-7,10-14,23,25H,2-4,8-9,15-19H2,1H3. The number of halogens is 1. The number of para-hydroxylation sites is 1. The summed E-state index contributed by atoms with van der Waals surface area (Å²) in [5, 5.41) is 13.0. The van der Waals surface area contributed by atoms with Crippen LogP contribution in [0.1, 0.15) is 61.1 Å². The second-order valence-electron chi connectivity index (χ2n) is 9.35. The zero-order valence-corrected chi connectivity index (χ0v) is 19.8. The van der Waals surface area contributed by atoms with Crippen LogP contribution in [0.2, 0.25) is 0 Å².